The third-order valence-electron chi connectivity index (χ3n) is 2.90. The Morgan fingerprint density at radius 2 is 1.87 bits per heavy atom. The van der Waals surface area contributed by atoms with Gasteiger partial charge in [0.15, 0.2) is 0 Å². The molecule has 1 nitrogen and oxygen atoms in total. The summed E-state index contributed by atoms with van der Waals surface area (Å²) in [5, 5.41) is 0. The van der Waals surface area contributed by atoms with Crippen molar-refractivity contribution in [2.45, 2.75) is 13.8 Å². The molecule has 2 rings (SSSR count). The summed E-state index contributed by atoms with van der Waals surface area (Å²) in [4.78, 5) is 2.30. The Morgan fingerprint density at radius 1 is 1.13 bits per heavy atom. The molecule has 1 aromatic rings. The van der Waals surface area contributed by atoms with Crippen molar-refractivity contribution in [2.75, 3.05) is 13.6 Å². The zero-order valence-corrected chi connectivity index (χ0v) is 9.62. The number of rotatable bonds is 1. The van der Waals surface area contributed by atoms with Crippen molar-refractivity contribution >= 4 is 5.70 Å². The Morgan fingerprint density at radius 3 is 2.53 bits per heavy atom. The standard InChI is InChI=1S/C14H17N/c1-11-7-4-5-9-13(11)14-12(2)8-6-10-15(14)3/h4-9H,10H2,1-3H3. The Bertz CT molecular complexity index is 427. The number of aryl methyl sites for hydroxylation is 1. The Balaban J connectivity index is 2.54. The lowest BCUT2D eigenvalue weighted by molar-refractivity contribution is 0.527. The summed E-state index contributed by atoms with van der Waals surface area (Å²) in [6.07, 6.45) is 4.42. The first kappa shape index (κ1) is 10.0. The largest absolute Gasteiger partial charge is 0.370 e. The van der Waals surface area contributed by atoms with E-state index in [2.05, 4.69) is 62.2 Å². The van der Waals surface area contributed by atoms with Crippen LogP contribution in [-0.4, -0.2) is 18.5 Å². The zero-order chi connectivity index (χ0) is 10.8. The lowest BCUT2D eigenvalue weighted by atomic mass is 9.99. The van der Waals surface area contributed by atoms with Gasteiger partial charge in [-0.05, 0) is 25.0 Å². The minimum Gasteiger partial charge on any atom is -0.370 e. The van der Waals surface area contributed by atoms with Gasteiger partial charge in [0.05, 0.1) is 0 Å². The second-order valence-electron chi connectivity index (χ2n) is 4.13. The molecule has 0 atom stereocenters. The van der Waals surface area contributed by atoms with Gasteiger partial charge in [0, 0.05) is 24.9 Å². The fraction of sp³-hybridized carbons (Fsp3) is 0.286. The molecule has 0 bridgehead atoms. The number of allylic oxidation sites excluding steroid dienone is 2. The van der Waals surface area contributed by atoms with Crippen molar-refractivity contribution < 1.29 is 0 Å². The van der Waals surface area contributed by atoms with Crippen LogP contribution in [0.4, 0.5) is 0 Å². The summed E-state index contributed by atoms with van der Waals surface area (Å²) in [6.45, 7) is 5.34. The molecule has 0 unspecified atom stereocenters. The first-order chi connectivity index (χ1) is 7.20. The molecule has 78 valence electrons. The first-order valence-electron chi connectivity index (χ1n) is 5.34. The number of nitrogens with zero attached hydrogens (tertiary/aromatic N) is 1. The van der Waals surface area contributed by atoms with Crippen molar-refractivity contribution in [3.63, 3.8) is 0 Å². The van der Waals surface area contributed by atoms with E-state index in [1.807, 2.05) is 0 Å². The summed E-state index contributed by atoms with van der Waals surface area (Å²) >= 11 is 0. The van der Waals surface area contributed by atoms with Crippen LogP contribution in [0.25, 0.3) is 5.70 Å². The minimum absolute atomic E-state index is 1.00. The normalized spacial score (nSPS) is 16.1. The van der Waals surface area contributed by atoms with E-state index in [4.69, 9.17) is 0 Å². The maximum atomic E-state index is 2.30. The first-order valence-corrected chi connectivity index (χ1v) is 5.34. The lowest BCUT2D eigenvalue weighted by Gasteiger charge is -2.27. The predicted molar refractivity (Wildman–Crippen MR) is 65.5 cm³/mol. The van der Waals surface area contributed by atoms with Crippen LogP contribution in [0.15, 0.2) is 42.0 Å². The van der Waals surface area contributed by atoms with E-state index in [-0.39, 0.29) is 0 Å². The van der Waals surface area contributed by atoms with Crippen LogP contribution in [0, 0.1) is 6.92 Å². The van der Waals surface area contributed by atoms with Crippen LogP contribution in [0.5, 0.6) is 0 Å². The van der Waals surface area contributed by atoms with E-state index in [9.17, 15) is 0 Å². The molecule has 15 heavy (non-hydrogen) atoms. The summed E-state index contributed by atoms with van der Waals surface area (Å²) in [6, 6.07) is 8.56. The highest BCUT2D eigenvalue weighted by molar-refractivity contribution is 5.72. The molecule has 1 heteroatoms. The molecule has 1 aromatic carbocycles. The topological polar surface area (TPSA) is 3.24 Å². The van der Waals surface area contributed by atoms with Crippen LogP contribution in [0.3, 0.4) is 0 Å². The molecule has 0 spiro atoms. The van der Waals surface area contributed by atoms with E-state index in [1.165, 1.54) is 22.4 Å². The molecule has 0 aromatic heterocycles. The monoisotopic (exact) mass is 199 g/mol. The van der Waals surface area contributed by atoms with Gasteiger partial charge in [0.1, 0.15) is 0 Å². The average Bonchev–Trinajstić information content (AvgIpc) is 2.20. The van der Waals surface area contributed by atoms with Gasteiger partial charge >= 0.3 is 0 Å². The predicted octanol–water partition coefficient (Wildman–Crippen LogP) is 3.23. The van der Waals surface area contributed by atoms with Gasteiger partial charge < -0.3 is 4.90 Å². The highest BCUT2D eigenvalue weighted by Gasteiger charge is 2.13. The molecule has 0 saturated heterocycles. The average molecular weight is 199 g/mol. The van der Waals surface area contributed by atoms with E-state index in [1.54, 1.807) is 0 Å². The Kier molecular flexibility index (Phi) is 2.63. The molecular weight excluding hydrogens is 182 g/mol. The molecule has 0 saturated carbocycles. The van der Waals surface area contributed by atoms with Crippen molar-refractivity contribution in [3.05, 3.63) is 53.1 Å². The van der Waals surface area contributed by atoms with Gasteiger partial charge in [-0.3, -0.25) is 0 Å². The van der Waals surface area contributed by atoms with Gasteiger partial charge in [0.25, 0.3) is 0 Å². The zero-order valence-electron chi connectivity index (χ0n) is 9.62. The Hall–Kier alpha value is -1.50. The van der Waals surface area contributed by atoms with Gasteiger partial charge in [0.2, 0.25) is 0 Å². The van der Waals surface area contributed by atoms with E-state index in [0.717, 1.165) is 6.54 Å². The van der Waals surface area contributed by atoms with Crippen LogP contribution >= 0.6 is 0 Å². The summed E-state index contributed by atoms with van der Waals surface area (Å²) < 4.78 is 0. The third kappa shape index (κ3) is 1.82. The van der Waals surface area contributed by atoms with Gasteiger partial charge in [-0.15, -0.1) is 0 Å². The van der Waals surface area contributed by atoms with Crippen molar-refractivity contribution in [3.8, 4) is 0 Å². The summed E-state index contributed by atoms with van der Waals surface area (Å²) in [7, 11) is 2.15. The second kappa shape index (κ2) is 3.93. The summed E-state index contributed by atoms with van der Waals surface area (Å²) in [5.41, 5.74) is 5.39. The number of hydrogen-bond donors (Lipinski definition) is 0. The van der Waals surface area contributed by atoms with E-state index in [0.29, 0.717) is 0 Å². The van der Waals surface area contributed by atoms with E-state index >= 15 is 0 Å². The van der Waals surface area contributed by atoms with Crippen molar-refractivity contribution in [1.82, 2.24) is 4.90 Å². The fourth-order valence-corrected chi connectivity index (χ4v) is 2.12. The number of hydrogen-bond acceptors (Lipinski definition) is 1. The SMILES string of the molecule is CC1=C(c2ccccc2C)N(C)CC=C1. The third-order valence-corrected chi connectivity index (χ3v) is 2.90. The second-order valence-corrected chi connectivity index (χ2v) is 4.13. The number of benzene rings is 1. The lowest BCUT2D eigenvalue weighted by Crippen LogP contribution is -2.20. The molecule has 1 aliphatic heterocycles. The fourth-order valence-electron chi connectivity index (χ4n) is 2.12. The number of likely N-dealkylation sites (N-methyl/N-ethyl adjacent to an activating group) is 1. The maximum Gasteiger partial charge on any atom is 0.0472 e. The van der Waals surface area contributed by atoms with Gasteiger partial charge in [-0.2, -0.15) is 0 Å². The van der Waals surface area contributed by atoms with Crippen LogP contribution in [-0.2, 0) is 0 Å². The van der Waals surface area contributed by atoms with Crippen LogP contribution in [0.1, 0.15) is 18.1 Å². The van der Waals surface area contributed by atoms with Crippen molar-refractivity contribution in [1.29, 1.82) is 0 Å². The molecule has 0 amide bonds. The highest BCUT2D eigenvalue weighted by atomic mass is 15.1. The smallest absolute Gasteiger partial charge is 0.0472 e. The van der Waals surface area contributed by atoms with Crippen LogP contribution < -0.4 is 0 Å². The molecular formula is C14H17N. The molecule has 0 radical (unpaired) electrons. The minimum atomic E-state index is 1.00. The highest BCUT2D eigenvalue weighted by Crippen LogP contribution is 2.27. The molecule has 1 aliphatic rings. The quantitative estimate of drug-likeness (QED) is 0.671. The van der Waals surface area contributed by atoms with Crippen LogP contribution in [0.2, 0.25) is 0 Å². The Labute approximate surface area is 91.7 Å². The van der Waals surface area contributed by atoms with Gasteiger partial charge in [-0.1, -0.05) is 36.4 Å². The van der Waals surface area contributed by atoms with Crippen molar-refractivity contribution in [2.24, 2.45) is 0 Å². The van der Waals surface area contributed by atoms with E-state index < -0.39 is 0 Å². The molecule has 0 aliphatic carbocycles. The molecule has 0 N–H and O–H groups in total. The summed E-state index contributed by atoms with van der Waals surface area (Å²) in [5.74, 6) is 0. The van der Waals surface area contributed by atoms with Gasteiger partial charge in [-0.25, -0.2) is 0 Å². The molecule has 0 fully saturated rings. The molecule has 1 heterocycles. The maximum absolute atomic E-state index is 2.30.